The van der Waals surface area contributed by atoms with Crippen molar-refractivity contribution in [2.24, 2.45) is 0 Å². The summed E-state index contributed by atoms with van der Waals surface area (Å²) >= 11 is 11.7. The Bertz CT molecular complexity index is 1170. The Hall–Kier alpha value is -3.62. The summed E-state index contributed by atoms with van der Waals surface area (Å²) in [5.41, 5.74) is 1.13. The van der Waals surface area contributed by atoms with Crippen molar-refractivity contribution >= 4 is 46.5 Å². The van der Waals surface area contributed by atoms with Crippen LogP contribution in [0.15, 0.2) is 66.7 Å². The number of nitrogens with zero attached hydrogens (tertiary/aromatic N) is 1. The highest BCUT2D eigenvalue weighted by molar-refractivity contribution is 6.42. The molecule has 1 amide bonds. The Morgan fingerprint density at radius 3 is 2.36 bits per heavy atom. The zero-order chi connectivity index (χ0) is 23.8. The number of non-ortho nitro benzene ring substituents is 1. The van der Waals surface area contributed by atoms with Crippen molar-refractivity contribution in [2.75, 3.05) is 5.32 Å². The molecular weight excluding hydrogens is 471 g/mol. The first-order valence-corrected chi connectivity index (χ1v) is 10.5. The van der Waals surface area contributed by atoms with Gasteiger partial charge >= 0.3 is 5.97 Å². The molecule has 0 spiro atoms. The highest BCUT2D eigenvalue weighted by Gasteiger charge is 2.10. The molecule has 3 rings (SSSR count). The molecule has 0 heterocycles. The Morgan fingerprint density at radius 1 is 0.909 bits per heavy atom. The van der Waals surface area contributed by atoms with Gasteiger partial charge in [0.25, 0.3) is 5.69 Å². The molecule has 33 heavy (non-hydrogen) atoms. The second kappa shape index (κ2) is 11.3. The minimum absolute atomic E-state index is 0.00467. The lowest BCUT2D eigenvalue weighted by atomic mass is 10.2. The van der Waals surface area contributed by atoms with Gasteiger partial charge in [0.15, 0.2) is 0 Å². The second-order valence-electron chi connectivity index (χ2n) is 6.84. The Kier molecular flexibility index (Phi) is 8.23. The van der Waals surface area contributed by atoms with Gasteiger partial charge in [0.1, 0.15) is 18.1 Å². The van der Waals surface area contributed by atoms with Crippen molar-refractivity contribution in [1.29, 1.82) is 0 Å². The van der Waals surface area contributed by atoms with Crippen molar-refractivity contribution in [3.8, 4) is 11.5 Å². The number of anilines is 1. The van der Waals surface area contributed by atoms with E-state index in [1.54, 1.807) is 36.4 Å². The van der Waals surface area contributed by atoms with Gasteiger partial charge in [0, 0.05) is 24.2 Å². The SMILES string of the molecule is O=C(CCC(=O)OCc1cccc(Oc2ccc([N+](=O)[O-])cc2)c1)Nc1ccc(Cl)c(Cl)c1. The molecule has 0 saturated carbocycles. The van der Waals surface area contributed by atoms with Gasteiger partial charge in [-0.25, -0.2) is 0 Å². The van der Waals surface area contributed by atoms with Crippen LogP contribution in [0.3, 0.4) is 0 Å². The second-order valence-corrected chi connectivity index (χ2v) is 7.65. The van der Waals surface area contributed by atoms with E-state index < -0.39 is 10.9 Å². The van der Waals surface area contributed by atoms with Crippen molar-refractivity contribution in [3.63, 3.8) is 0 Å². The number of amides is 1. The van der Waals surface area contributed by atoms with Crippen LogP contribution < -0.4 is 10.1 Å². The Morgan fingerprint density at radius 2 is 1.67 bits per heavy atom. The number of hydrogen-bond acceptors (Lipinski definition) is 6. The summed E-state index contributed by atoms with van der Waals surface area (Å²) in [6, 6.07) is 17.3. The van der Waals surface area contributed by atoms with Gasteiger partial charge in [-0.15, -0.1) is 0 Å². The number of nitrogens with one attached hydrogen (secondary N) is 1. The Balaban J connectivity index is 1.45. The van der Waals surface area contributed by atoms with Crippen molar-refractivity contribution in [1.82, 2.24) is 0 Å². The van der Waals surface area contributed by atoms with E-state index in [4.69, 9.17) is 32.7 Å². The summed E-state index contributed by atoms with van der Waals surface area (Å²) in [6.45, 7) is 0.00467. The minimum Gasteiger partial charge on any atom is -0.461 e. The summed E-state index contributed by atoms with van der Waals surface area (Å²) in [6.07, 6.45) is -0.144. The van der Waals surface area contributed by atoms with E-state index in [-0.39, 0.29) is 31.0 Å². The molecule has 0 aromatic heterocycles. The molecule has 170 valence electrons. The third-order valence-corrected chi connectivity index (χ3v) is 5.08. The number of carbonyl (C=O) groups is 2. The summed E-state index contributed by atoms with van der Waals surface area (Å²) in [7, 11) is 0. The van der Waals surface area contributed by atoms with Crippen LogP contribution in [0, 0.1) is 10.1 Å². The number of ether oxygens (including phenoxy) is 2. The standard InChI is InChI=1S/C23H18Cl2N2O6/c24-20-9-4-16(13-21(20)25)26-22(28)10-11-23(29)32-14-15-2-1-3-19(12-15)33-18-7-5-17(6-8-18)27(30)31/h1-9,12-13H,10-11,14H2,(H,26,28). The van der Waals surface area contributed by atoms with Gasteiger partial charge in [0.05, 0.1) is 21.4 Å². The molecule has 0 aliphatic rings. The molecule has 1 N–H and O–H groups in total. The molecular formula is C23H18Cl2N2O6. The maximum Gasteiger partial charge on any atom is 0.306 e. The third kappa shape index (κ3) is 7.48. The van der Waals surface area contributed by atoms with E-state index in [9.17, 15) is 19.7 Å². The minimum atomic E-state index is -0.527. The fourth-order valence-corrected chi connectivity index (χ4v) is 3.02. The first-order chi connectivity index (χ1) is 15.8. The average molecular weight is 489 g/mol. The number of esters is 1. The third-order valence-electron chi connectivity index (χ3n) is 4.34. The normalized spacial score (nSPS) is 10.4. The number of carbonyl (C=O) groups excluding carboxylic acids is 2. The van der Waals surface area contributed by atoms with Crippen molar-refractivity contribution < 1.29 is 24.0 Å². The highest BCUT2D eigenvalue weighted by atomic mass is 35.5. The largest absolute Gasteiger partial charge is 0.461 e. The quantitative estimate of drug-likeness (QED) is 0.219. The predicted molar refractivity (Wildman–Crippen MR) is 124 cm³/mol. The summed E-state index contributed by atoms with van der Waals surface area (Å²) in [5.74, 6) is 0.0333. The van der Waals surface area contributed by atoms with Crippen LogP contribution in [0.25, 0.3) is 0 Å². The lowest BCUT2D eigenvalue weighted by molar-refractivity contribution is -0.384. The molecule has 0 radical (unpaired) electrons. The zero-order valence-corrected chi connectivity index (χ0v) is 18.6. The predicted octanol–water partition coefficient (Wildman–Crippen LogP) is 6.16. The van der Waals surface area contributed by atoms with Gasteiger partial charge < -0.3 is 14.8 Å². The average Bonchev–Trinajstić information content (AvgIpc) is 2.79. The van der Waals surface area contributed by atoms with Gasteiger partial charge in [-0.2, -0.15) is 0 Å². The number of nitro benzene ring substituents is 1. The molecule has 0 unspecified atom stereocenters. The zero-order valence-electron chi connectivity index (χ0n) is 17.1. The molecule has 3 aromatic carbocycles. The summed E-state index contributed by atoms with van der Waals surface area (Å²) in [4.78, 5) is 34.3. The van der Waals surface area contributed by atoms with Gasteiger partial charge in [0.2, 0.25) is 5.91 Å². The monoisotopic (exact) mass is 488 g/mol. The molecule has 0 aliphatic carbocycles. The van der Waals surface area contributed by atoms with Gasteiger partial charge in [-0.3, -0.25) is 19.7 Å². The van der Waals surface area contributed by atoms with E-state index in [1.165, 1.54) is 30.3 Å². The molecule has 0 atom stereocenters. The van der Waals surface area contributed by atoms with E-state index >= 15 is 0 Å². The highest BCUT2D eigenvalue weighted by Crippen LogP contribution is 2.26. The number of hydrogen-bond donors (Lipinski definition) is 1. The van der Waals surface area contributed by atoms with E-state index in [2.05, 4.69) is 5.32 Å². The van der Waals surface area contributed by atoms with Gasteiger partial charge in [-0.05, 0) is 48.0 Å². The molecule has 10 heteroatoms. The number of benzene rings is 3. The molecule has 0 aliphatic heterocycles. The maximum absolute atomic E-state index is 12.0. The lowest BCUT2D eigenvalue weighted by Crippen LogP contribution is -2.14. The van der Waals surface area contributed by atoms with Crippen molar-refractivity contribution in [3.05, 3.63) is 92.5 Å². The van der Waals surface area contributed by atoms with Crippen LogP contribution in [0.2, 0.25) is 10.0 Å². The summed E-state index contributed by atoms with van der Waals surface area (Å²) in [5, 5.41) is 14.0. The number of rotatable bonds is 9. The lowest BCUT2D eigenvalue weighted by Gasteiger charge is -2.09. The topological polar surface area (TPSA) is 108 Å². The van der Waals surface area contributed by atoms with Crippen LogP contribution in [-0.2, 0) is 20.9 Å². The molecule has 3 aromatic rings. The molecule has 8 nitrogen and oxygen atoms in total. The maximum atomic E-state index is 12.0. The Labute approximate surface area is 199 Å². The fourth-order valence-electron chi connectivity index (χ4n) is 2.72. The summed E-state index contributed by atoms with van der Waals surface area (Å²) < 4.78 is 10.9. The molecule has 0 bridgehead atoms. The van der Waals surface area contributed by atoms with Gasteiger partial charge in [-0.1, -0.05) is 35.3 Å². The van der Waals surface area contributed by atoms with Crippen LogP contribution >= 0.6 is 23.2 Å². The molecule has 0 fully saturated rings. The fraction of sp³-hybridized carbons (Fsp3) is 0.130. The molecule has 0 saturated heterocycles. The van der Waals surface area contributed by atoms with E-state index in [0.717, 1.165) is 0 Å². The van der Waals surface area contributed by atoms with E-state index in [1.807, 2.05) is 0 Å². The van der Waals surface area contributed by atoms with Crippen LogP contribution in [0.5, 0.6) is 11.5 Å². The van der Waals surface area contributed by atoms with Crippen LogP contribution in [-0.4, -0.2) is 16.8 Å². The van der Waals surface area contributed by atoms with Crippen LogP contribution in [0.4, 0.5) is 11.4 Å². The first-order valence-electron chi connectivity index (χ1n) is 9.72. The van der Waals surface area contributed by atoms with Crippen LogP contribution in [0.1, 0.15) is 18.4 Å². The van der Waals surface area contributed by atoms with Crippen molar-refractivity contribution in [2.45, 2.75) is 19.4 Å². The smallest absolute Gasteiger partial charge is 0.306 e. The number of nitro groups is 1. The van der Waals surface area contributed by atoms with E-state index in [0.29, 0.717) is 32.8 Å². The number of halogens is 2. The first kappa shape index (κ1) is 24.0.